The van der Waals surface area contributed by atoms with Gasteiger partial charge in [0.2, 0.25) is 0 Å². The summed E-state index contributed by atoms with van der Waals surface area (Å²) >= 11 is 1.71. The van der Waals surface area contributed by atoms with Gasteiger partial charge in [-0.25, -0.2) is 9.37 Å². The van der Waals surface area contributed by atoms with Crippen molar-refractivity contribution in [3.8, 4) is 16.9 Å². The number of nitrogens with zero attached hydrogens (tertiary/aromatic N) is 2. The molecule has 2 nitrogen and oxygen atoms in total. The van der Waals surface area contributed by atoms with Crippen molar-refractivity contribution in [1.82, 2.24) is 9.55 Å². The van der Waals surface area contributed by atoms with Crippen LogP contribution in [0.1, 0.15) is 0 Å². The molecule has 1 heterocycles. The van der Waals surface area contributed by atoms with E-state index in [1.165, 1.54) is 17.0 Å². The molecule has 0 saturated heterocycles. The van der Waals surface area contributed by atoms with Crippen molar-refractivity contribution in [1.29, 1.82) is 0 Å². The lowest BCUT2D eigenvalue weighted by atomic mass is 10.1. The molecule has 0 N–H and O–H groups in total. The smallest absolute Gasteiger partial charge is 0.123 e. The summed E-state index contributed by atoms with van der Waals surface area (Å²) in [7, 11) is 0. The van der Waals surface area contributed by atoms with E-state index < -0.39 is 0 Å². The molecule has 0 fully saturated rings. The first-order valence-electron chi connectivity index (χ1n) is 6.20. The molecule has 100 valence electrons. The van der Waals surface area contributed by atoms with Crippen molar-refractivity contribution in [3.05, 3.63) is 66.9 Å². The molecule has 0 aliphatic rings. The number of thioether (sulfide) groups is 1. The van der Waals surface area contributed by atoms with Crippen molar-refractivity contribution >= 4 is 11.8 Å². The van der Waals surface area contributed by atoms with Crippen LogP contribution in [-0.4, -0.2) is 15.8 Å². The average Bonchev–Trinajstić information content (AvgIpc) is 2.97. The van der Waals surface area contributed by atoms with E-state index in [0.29, 0.717) is 0 Å². The minimum Gasteiger partial charge on any atom is -0.299 e. The molecule has 3 rings (SSSR count). The molecule has 0 aliphatic heterocycles. The molecular formula is C16H13FN2S. The molecule has 1 aromatic heterocycles. The standard InChI is InChI=1S/C16H13FN2S/c1-20-15-8-6-14(7-9-15)19-11-18-10-16(19)12-2-4-13(17)5-3-12/h2-11H,1H3. The number of rotatable bonds is 3. The Balaban J connectivity index is 2.02. The predicted octanol–water partition coefficient (Wildman–Crippen LogP) is 4.40. The van der Waals surface area contributed by atoms with Crippen LogP contribution in [0.15, 0.2) is 66.0 Å². The zero-order valence-corrected chi connectivity index (χ0v) is 11.8. The highest BCUT2D eigenvalue weighted by atomic mass is 32.2. The number of hydrogen-bond donors (Lipinski definition) is 0. The van der Waals surface area contributed by atoms with Gasteiger partial charge in [0, 0.05) is 16.1 Å². The minimum atomic E-state index is -0.232. The van der Waals surface area contributed by atoms with Crippen LogP contribution in [0.5, 0.6) is 0 Å². The summed E-state index contributed by atoms with van der Waals surface area (Å²) in [5.74, 6) is -0.232. The molecule has 2 aromatic carbocycles. The van der Waals surface area contributed by atoms with Crippen LogP contribution in [0.25, 0.3) is 16.9 Å². The molecule has 0 unspecified atom stereocenters. The monoisotopic (exact) mass is 284 g/mol. The number of imidazole rings is 1. The van der Waals surface area contributed by atoms with Crippen LogP contribution in [0, 0.1) is 5.82 Å². The molecule has 0 amide bonds. The van der Waals surface area contributed by atoms with E-state index in [1.54, 1.807) is 36.4 Å². The molecular weight excluding hydrogens is 271 g/mol. The van der Waals surface area contributed by atoms with Crippen molar-refractivity contribution in [2.75, 3.05) is 6.26 Å². The second kappa shape index (κ2) is 5.51. The summed E-state index contributed by atoms with van der Waals surface area (Å²) in [6, 6.07) is 14.7. The number of halogens is 1. The van der Waals surface area contributed by atoms with Crippen LogP contribution >= 0.6 is 11.8 Å². The summed E-state index contributed by atoms with van der Waals surface area (Å²) < 4.78 is 15.0. The van der Waals surface area contributed by atoms with Gasteiger partial charge in [-0.2, -0.15) is 0 Å². The summed E-state index contributed by atoms with van der Waals surface area (Å²) in [4.78, 5) is 5.42. The number of benzene rings is 2. The quantitative estimate of drug-likeness (QED) is 0.663. The van der Waals surface area contributed by atoms with E-state index in [-0.39, 0.29) is 5.82 Å². The van der Waals surface area contributed by atoms with Gasteiger partial charge >= 0.3 is 0 Å². The Kier molecular flexibility index (Phi) is 3.56. The fourth-order valence-corrected chi connectivity index (χ4v) is 2.49. The van der Waals surface area contributed by atoms with Crippen molar-refractivity contribution in [2.45, 2.75) is 4.90 Å². The highest BCUT2D eigenvalue weighted by molar-refractivity contribution is 7.98. The van der Waals surface area contributed by atoms with Crippen molar-refractivity contribution in [2.24, 2.45) is 0 Å². The third-order valence-corrected chi connectivity index (χ3v) is 3.87. The molecule has 0 atom stereocenters. The first kappa shape index (κ1) is 12.9. The van der Waals surface area contributed by atoms with Gasteiger partial charge in [0.15, 0.2) is 0 Å². The summed E-state index contributed by atoms with van der Waals surface area (Å²) in [5, 5.41) is 0. The molecule has 0 saturated carbocycles. The normalized spacial score (nSPS) is 10.7. The Morgan fingerprint density at radius 1 is 1.00 bits per heavy atom. The lowest BCUT2D eigenvalue weighted by Gasteiger charge is -2.09. The molecule has 0 radical (unpaired) electrons. The van der Waals surface area contributed by atoms with Crippen LogP contribution in [0.2, 0.25) is 0 Å². The Morgan fingerprint density at radius 3 is 2.35 bits per heavy atom. The number of hydrogen-bond acceptors (Lipinski definition) is 2. The van der Waals surface area contributed by atoms with Gasteiger partial charge in [0.05, 0.1) is 18.2 Å². The molecule has 3 aromatic rings. The van der Waals surface area contributed by atoms with Crippen molar-refractivity contribution in [3.63, 3.8) is 0 Å². The van der Waals surface area contributed by atoms with E-state index in [4.69, 9.17) is 0 Å². The molecule has 0 bridgehead atoms. The van der Waals surface area contributed by atoms with E-state index in [1.807, 2.05) is 4.57 Å². The summed E-state index contributed by atoms with van der Waals surface area (Å²) in [6.07, 6.45) is 5.61. The second-order valence-corrected chi connectivity index (χ2v) is 5.23. The van der Waals surface area contributed by atoms with Crippen molar-refractivity contribution < 1.29 is 4.39 Å². The largest absolute Gasteiger partial charge is 0.299 e. The van der Waals surface area contributed by atoms with E-state index in [9.17, 15) is 4.39 Å². The zero-order valence-electron chi connectivity index (χ0n) is 11.0. The van der Waals surface area contributed by atoms with Gasteiger partial charge in [-0.05, 0) is 54.8 Å². The van der Waals surface area contributed by atoms with Crippen LogP contribution in [-0.2, 0) is 0 Å². The Labute approximate surface area is 121 Å². The predicted molar refractivity (Wildman–Crippen MR) is 80.7 cm³/mol. The summed E-state index contributed by atoms with van der Waals surface area (Å²) in [6.45, 7) is 0. The lowest BCUT2D eigenvalue weighted by molar-refractivity contribution is 0.628. The van der Waals surface area contributed by atoms with Gasteiger partial charge in [-0.3, -0.25) is 4.57 Å². The first-order chi connectivity index (χ1) is 9.78. The summed E-state index contributed by atoms with van der Waals surface area (Å²) in [5.41, 5.74) is 2.93. The van der Waals surface area contributed by atoms with E-state index in [2.05, 4.69) is 35.5 Å². The highest BCUT2D eigenvalue weighted by Gasteiger charge is 2.07. The van der Waals surface area contributed by atoms with Gasteiger partial charge in [0.25, 0.3) is 0 Å². The fourth-order valence-electron chi connectivity index (χ4n) is 2.08. The van der Waals surface area contributed by atoms with Crippen LogP contribution in [0.4, 0.5) is 4.39 Å². The number of aromatic nitrogens is 2. The van der Waals surface area contributed by atoms with Gasteiger partial charge in [-0.15, -0.1) is 11.8 Å². The van der Waals surface area contributed by atoms with E-state index >= 15 is 0 Å². The third-order valence-electron chi connectivity index (χ3n) is 3.13. The molecule has 0 aliphatic carbocycles. The minimum absolute atomic E-state index is 0.232. The maximum absolute atomic E-state index is 13.0. The lowest BCUT2D eigenvalue weighted by Crippen LogP contribution is -1.95. The molecule has 20 heavy (non-hydrogen) atoms. The maximum atomic E-state index is 13.0. The maximum Gasteiger partial charge on any atom is 0.123 e. The first-order valence-corrected chi connectivity index (χ1v) is 7.43. The Hall–Kier alpha value is -2.07. The van der Waals surface area contributed by atoms with Crippen LogP contribution < -0.4 is 0 Å². The molecule has 4 heteroatoms. The Bertz CT molecular complexity index is 702. The highest BCUT2D eigenvalue weighted by Crippen LogP contribution is 2.24. The van der Waals surface area contributed by atoms with E-state index in [0.717, 1.165) is 16.9 Å². The average molecular weight is 284 g/mol. The van der Waals surface area contributed by atoms with Gasteiger partial charge in [0.1, 0.15) is 5.82 Å². The second-order valence-electron chi connectivity index (χ2n) is 4.35. The topological polar surface area (TPSA) is 17.8 Å². The van der Waals surface area contributed by atoms with Crippen LogP contribution in [0.3, 0.4) is 0 Å². The SMILES string of the molecule is CSc1ccc(-n2cncc2-c2ccc(F)cc2)cc1. The fraction of sp³-hybridized carbons (Fsp3) is 0.0625. The van der Waals surface area contributed by atoms with Gasteiger partial charge < -0.3 is 0 Å². The third kappa shape index (κ3) is 2.47. The van der Waals surface area contributed by atoms with Gasteiger partial charge in [-0.1, -0.05) is 0 Å². The molecule has 0 spiro atoms. The Morgan fingerprint density at radius 2 is 1.70 bits per heavy atom. The zero-order chi connectivity index (χ0) is 13.9.